The van der Waals surface area contributed by atoms with Crippen LogP contribution in [0.4, 0.5) is 5.69 Å². The van der Waals surface area contributed by atoms with E-state index in [2.05, 4.69) is 21.7 Å². The van der Waals surface area contributed by atoms with E-state index < -0.39 is 0 Å². The third kappa shape index (κ3) is 4.08. The molecule has 1 aromatic rings. The van der Waals surface area contributed by atoms with Gasteiger partial charge in [0.15, 0.2) is 5.96 Å². The number of aliphatic imine (C=N–C) groups is 1. The Morgan fingerprint density at radius 1 is 1.29 bits per heavy atom. The standard InChI is InChI=1S/C19H28N4O/c1-20-19(22-16-8-3-4-9-16)21-13-6-11-18(24)23-14-12-15-7-2-5-10-17(15)23/h2,5,7,10,16H,3-4,6,8-9,11-14H2,1H3,(H2,20,21,22). The van der Waals surface area contributed by atoms with Gasteiger partial charge in [-0.1, -0.05) is 31.0 Å². The zero-order chi connectivity index (χ0) is 16.8. The number of rotatable bonds is 5. The van der Waals surface area contributed by atoms with Gasteiger partial charge in [0.2, 0.25) is 5.91 Å². The Balaban J connectivity index is 1.39. The number of hydrogen-bond acceptors (Lipinski definition) is 2. The van der Waals surface area contributed by atoms with Crippen LogP contribution in [0.1, 0.15) is 44.1 Å². The fourth-order valence-corrected chi connectivity index (χ4v) is 3.64. The van der Waals surface area contributed by atoms with Crippen molar-refractivity contribution in [2.45, 2.75) is 51.0 Å². The molecule has 2 aliphatic rings. The summed E-state index contributed by atoms with van der Waals surface area (Å²) in [5, 5.41) is 6.79. The fourth-order valence-electron chi connectivity index (χ4n) is 3.64. The minimum atomic E-state index is 0.223. The van der Waals surface area contributed by atoms with Gasteiger partial charge in [-0.05, 0) is 37.3 Å². The third-order valence-corrected chi connectivity index (χ3v) is 4.97. The number of para-hydroxylation sites is 1. The molecule has 3 rings (SSSR count). The van der Waals surface area contributed by atoms with Crippen molar-refractivity contribution in [2.75, 3.05) is 25.0 Å². The number of amides is 1. The van der Waals surface area contributed by atoms with E-state index in [1.807, 2.05) is 23.1 Å². The van der Waals surface area contributed by atoms with E-state index in [0.717, 1.165) is 37.6 Å². The van der Waals surface area contributed by atoms with Crippen molar-refractivity contribution < 1.29 is 4.79 Å². The Labute approximate surface area is 144 Å². The molecule has 1 fully saturated rings. The number of nitrogens with zero attached hydrogens (tertiary/aromatic N) is 2. The van der Waals surface area contributed by atoms with E-state index in [4.69, 9.17) is 0 Å². The molecule has 0 spiro atoms. The molecule has 1 aliphatic heterocycles. The molecule has 1 heterocycles. The first kappa shape index (κ1) is 16.8. The number of carbonyl (C=O) groups is 1. The van der Waals surface area contributed by atoms with Gasteiger partial charge in [-0.25, -0.2) is 0 Å². The van der Waals surface area contributed by atoms with Crippen LogP contribution in [0.5, 0.6) is 0 Å². The zero-order valence-corrected chi connectivity index (χ0v) is 14.6. The lowest BCUT2D eigenvalue weighted by atomic mass is 10.2. The number of guanidine groups is 1. The second-order valence-corrected chi connectivity index (χ2v) is 6.65. The summed E-state index contributed by atoms with van der Waals surface area (Å²) in [5.41, 5.74) is 2.37. The normalized spacial score (nSPS) is 17.9. The van der Waals surface area contributed by atoms with Crippen LogP contribution in [0.15, 0.2) is 29.3 Å². The van der Waals surface area contributed by atoms with E-state index in [-0.39, 0.29) is 5.91 Å². The van der Waals surface area contributed by atoms with Gasteiger partial charge in [-0.3, -0.25) is 9.79 Å². The Morgan fingerprint density at radius 2 is 2.08 bits per heavy atom. The smallest absolute Gasteiger partial charge is 0.227 e. The third-order valence-electron chi connectivity index (χ3n) is 4.97. The maximum absolute atomic E-state index is 12.5. The summed E-state index contributed by atoms with van der Waals surface area (Å²) in [6.45, 7) is 1.59. The van der Waals surface area contributed by atoms with Crippen LogP contribution in [0.25, 0.3) is 0 Å². The zero-order valence-electron chi connectivity index (χ0n) is 14.6. The van der Waals surface area contributed by atoms with Gasteiger partial charge in [-0.2, -0.15) is 0 Å². The lowest BCUT2D eigenvalue weighted by molar-refractivity contribution is -0.118. The van der Waals surface area contributed by atoms with Gasteiger partial charge >= 0.3 is 0 Å². The van der Waals surface area contributed by atoms with Gasteiger partial charge in [0, 0.05) is 38.3 Å². The van der Waals surface area contributed by atoms with Gasteiger partial charge in [0.1, 0.15) is 0 Å². The highest BCUT2D eigenvalue weighted by atomic mass is 16.2. The Morgan fingerprint density at radius 3 is 2.88 bits per heavy atom. The molecule has 1 amide bonds. The predicted molar refractivity (Wildman–Crippen MR) is 98.5 cm³/mol. The molecule has 0 radical (unpaired) electrons. The molecule has 130 valence electrons. The maximum Gasteiger partial charge on any atom is 0.227 e. The van der Waals surface area contributed by atoms with Crippen LogP contribution in [0.3, 0.4) is 0 Å². The van der Waals surface area contributed by atoms with Crippen LogP contribution in [-0.4, -0.2) is 38.0 Å². The fraction of sp³-hybridized carbons (Fsp3) is 0.579. The van der Waals surface area contributed by atoms with Crippen molar-refractivity contribution in [1.82, 2.24) is 10.6 Å². The molecular weight excluding hydrogens is 300 g/mol. The first-order valence-electron chi connectivity index (χ1n) is 9.13. The van der Waals surface area contributed by atoms with Crippen LogP contribution < -0.4 is 15.5 Å². The van der Waals surface area contributed by atoms with Gasteiger partial charge in [0.25, 0.3) is 0 Å². The second-order valence-electron chi connectivity index (χ2n) is 6.65. The number of hydrogen-bond donors (Lipinski definition) is 2. The average molecular weight is 328 g/mol. The lowest BCUT2D eigenvalue weighted by Gasteiger charge is -2.18. The van der Waals surface area contributed by atoms with E-state index in [1.54, 1.807) is 7.05 Å². The van der Waals surface area contributed by atoms with Crippen LogP contribution in [-0.2, 0) is 11.2 Å². The summed E-state index contributed by atoms with van der Waals surface area (Å²) in [7, 11) is 1.80. The molecule has 2 N–H and O–H groups in total. The average Bonchev–Trinajstić information content (AvgIpc) is 3.26. The van der Waals surface area contributed by atoms with E-state index in [0.29, 0.717) is 12.5 Å². The molecule has 24 heavy (non-hydrogen) atoms. The number of benzene rings is 1. The quantitative estimate of drug-likeness (QED) is 0.496. The first-order valence-corrected chi connectivity index (χ1v) is 9.13. The van der Waals surface area contributed by atoms with E-state index in [9.17, 15) is 4.79 Å². The molecule has 0 bridgehead atoms. The first-order chi connectivity index (χ1) is 11.8. The summed E-state index contributed by atoms with van der Waals surface area (Å²) in [6, 6.07) is 8.76. The van der Waals surface area contributed by atoms with Crippen LogP contribution in [0, 0.1) is 0 Å². The van der Waals surface area contributed by atoms with Gasteiger partial charge < -0.3 is 15.5 Å². The minimum Gasteiger partial charge on any atom is -0.356 e. The summed E-state index contributed by atoms with van der Waals surface area (Å²) in [4.78, 5) is 18.7. The van der Waals surface area contributed by atoms with E-state index >= 15 is 0 Å². The Bertz CT molecular complexity index is 593. The Hall–Kier alpha value is -2.04. The molecule has 0 saturated heterocycles. The molecule has 0 atom stereocenters. The SMILES string of the molecule is CN=C(NCCCC(=O)N1CCc2ccccc21)NC1CCCC1. The molecular formula is C19H28N4O. The van der Waals surface area contributed by atoms with E-state index in [1.165, 1.54) is 31.2 Å². The van der Waals surface area contributed by atoms with Crippen molar-refractivity contribution >= 4 is 17.6 Å². The summed E-state index contributed by atoms with van der Waals surface area (Å²) in [5.74, 6) is 1.08. The molecule has 0 aromatic heterocycles. The molecule has 5 nitrogen and oxygen atoms in total. The minimum absolute atomic E-state index is 0.223. The number of fused-ring (bicyclic) bond motifs is 1. The highest BCUT2D eigenvalue weighted by Gasteiger charge is 2.23. The van der Waals surface area contributed by atoms with Gasteiger partial charge in [-0.15, -0.1) is 0 Å². The topological polar surface area (TPSA) is 56.7 Å². The van der Waals surface area contributed by atoms with Crippen LogP contribution >= 0.6 is 0 Å². The lowest BCUT2D eigenvalue weighted by Crippen LogP contribution is -2.42. The number of anilines is 1. The van der Waals surface area contributed by atoms with Gasteiger partial charge in [0.05, 0.1) is 0 Å². The van der Waals surface area contributed by atoms with Crippen molar-refractivity contribution in [3.63, 3.8) is 0 Å². The van der Waals surface area contributed by atoms with Crippen LogP contribution in [0.2, 0.25) is 0 Å². The summed E-state index contributed by atoms with van der Waals surface area (Å²) in [6.07, 6.45) is 7.44. The molecule has 1 aromatic carbocycles. The monoisotopic (exact) mass is 328 g/mol. The summed E-state index contributed by atoms with van der Waals surface area (Å²) < 4.78 is 0. The highest BCUT2D eigenvalue weighted by molar-refractivity contribution is 5.95. The highest BCUT2D eigenvalue weighted by Crippen LogP contribution is 2.27. The van der Waals surface area contributed by atoms with Crippen molar-refractivity contribution in [1.29, 1.82) is 0 Å². The molecule has 5 heteroatoms. The summed E-state index contributed by atoms with van der Waals surface area (Å²) >= 11 is 0. The van der Waals surface area contributed by atoms with Crippen molar-refractivity contribution in [2.24, 2.45) is 4.99 Å². The number of carbonyl (C=O) groups excluding carboxylic acids is 1. The second kappa shape index (κ2) is 8.18. The Kier molecular flexibility index (Phi) is 5.72. The largest absolute Gasteiger partial charge is 0.356 e. The van der Waals surface area contributed by atoms with Crippen molar-refractivity contribution in [3.05, 3.63) is 29.8 Å². The predicted octanol–water partition coefficient (Wildman–Crippen LogP) is 2.46. The van der Waals surface area contributed by atoms with Crippen molar-refractivity contribution in [3.8, 4) is 0 Å². The molecule has 1 saturated carbocycles. The molecule has 1 aliphatic carbocycles. The number of nitrogens with one attached hydrogen (secondary N) is 2. The maximum atomic E-state index is 12.5. The molecule has 0 unspecified atom stereocenters.